The smallest absolute Gasteiger partial charge is 0.307 e. The fourth-order valence-corrected chi connectivity index (χ4v) is 2.49. The Morgan fingerprint density at radius 2 is 2.28 bits per heavy atom. The van der Waals surface area contributed by atoms with Crippen LogP contribution in [0, 0.1) is 0 Å². The lowest BCUT2D eigenvalue weighted by molar-refractivity contribution is -0.144. The van der Waals surface area contributed by atoms with Crippen LogP contribution in [0.25, 0.3) is 0 Å². The van der Waals surface area contributed by atoms with E-state index in [0.29, 0.717) is 11.6 Å². The molecule has 0 saturated carbocycles. The first kappa shape index (κ1) is 15.1. The van der Waals surface area contributed by atoms with Gasteiger partial charge in [-0.1, -0.05) is 0 Å². The lowest BCUT2D eigenvalue weighted by Gasteiger charge is -2.23. The highest BCUT2D eigenvalue weighted by Crippen LogP contribution is 2.21. The summed E-state index contributed by atoms with van der Waals surface area (Å²) in [5, 5.41) is 0.403. The number of aromatic nitrogens is 1. The molecule has 0 fully saturated rings. The summed E-state index contributed by atoms with van der Waals surface area (Å²) in [6.45, 7) is 3.91. The van der Waals surface area contributed by atoms with Gasteiger partial charge in [-0.05, 0) is 29.8 Å². The topological polar surface area (TPSA) is 59.5 Å². The van der Waals surface area contributed by atoms with Crippen molar-refractivity contribution in [2.45, 2.75) is 26.3 Å². The van der Waals surface area contributed by atoms with E-state index in [1.807, 2.05) is 0 Å². The first-order valence-electron chi connectivity index (χ1n) is 5.49. The molecule has 100 valence electrons. The maximum atomic E-state index is 12.0. The van der Waals surface area contributed by atoms with E-state index in [1.54, 1.807) is 27.1 Å². The van der Waals surface area contributed by atoms with E-state index in [2.05, 4.69) is 20.9 Å². The molecule has 0 aliphatic rings. The zero-order chi connectivity index (χ0) is 13.7. The second-order valence-electron chi connectivity index (χ2n) is 3.74. The van der Waals surface area contributed by atoms with E-state index < -0.39 is 0 Å². The Kier molecular flexibility index (Phi) is 5.74. The molecule has 0 aromatic carbocycles. The largest absolute Gasteiger partial charge is 0.466 e. The molecule has 0 unspecified atom stereocenters. The van der Waals surface area contributed by atoms with Gasteiger partial charge < -0.3 is 9.64 Å². The van der Waals surface area contributed by atoms with Crippen LogP contribution in [0.4, 0.5) is 0 Å². The zero-order valence-electron chi connectivity index (χ0n) is 10.5. The molecule has 0 N–H and O–H groups in total. The fourth-order valence-electron chi connectivity index (χ4n) is 1.30. The highest BCUT2D eigenvalue weighted by Gasteiger charge is 2.22. The van der Waals surface area contributed by atoms with Gasteiger partial charge in [-0.25, -0.2) is 4.98 Å². The lowest BCUT2D eigenvalue weighted by Crippen LogP contribution is -2.36. The second-order valence-corrected chi connectivity index (χ2v) is 6.15. The number of amides is 1. The molecule has 0 radical (unpaired) electrons. The van der Waals surface area contributed by atoms with Crippen LogP contribution in [-0.4, -0.2) is 41.5 Å². The van der Waals surface area contributed by atoms with Crippen molar-refractivity contribution >= 4 is 39.1 Å². The van der Waals surface area contributed by atoms with Gasteiger partial charge >= 0.3 is 5.97 Å². The Hall–Kier alpha value is -0.950. The SMILES string of the molecule is CCOC(=O)C[C@@H](C)N(C)C(=O)c1ncc(Br)s1. The summed E-state index contributed by atoms with van der Waals surface area (Å²) in [7, 11) is 1.65. The minimum Gasteiger partial charge on any atom is -0.466 e. The van der Waals surface area contributed by atoms with Gasteiger partial charge in [0, 0.05) is 13.1 Å². The maximum Gasteiger partial charge on any atom is 0.307 e. The summed E-state index contributed by atoms with van der Waals surface area (Å²) in [6, 6.07) is -0.223. The predicted octanol–water partition coefficient (Wildman–Crippen LogP) is 2.32. The third kappa shape index (κ3) is 4.06. The molecule has 0 aliphatic carbocycles. The molecular weight excluding hydrogens is 320 g/mol. The summed E-state index contributed by atoms with van der Waals surface area (Å²) in [6.07, 6.45) is 1.77. The number of ether oxygens (including phenoxy) is 1. The van der Waals surface area contributed by atoms with Gasteiger partial charge in [0.05, 0.1) is 23.0 Å². The Morgan fingerprint density at radius 1 is 1.61 bits per heavy atom. The van der Waals surface area contributed by atoms with Crippen LogP contribution in [0.15, 0.2) is 9.98 Å². The standard InChI is InChI=1S/C11H15BrN2O3S/c1-4-17-9(15)5-7(2)14(3)11(16)10-13-6-8(12)18-10/h6-7H,4-5H2,1-3H3/t7-/m1/s1. The van der Waals surface area contributed by atoms with Crippen molar-refractivity contribution in [1.29, 1.82) is 0 Å². The van der Waals surface area contributed by atoms with E-state index in [9.17, 15) is 9.59 Å². The van der Waals surface area contributed by atoms with E-state index in [4.69, 9.17) is 4.74 Å². The van der Waals surface area contributed by atoms with Crippen molar-refractivity contribution in [2.24, 2.45) is 0 Å². The fraction of sp³-hybridized carbons (Fsp3) is 0.545. The van der Waals surface area contributed by atoms with Crippen LogP contribution < -0.4 is 0 Å². The van der Waals surface area contributed by atoms with Gasteiger partial charge in [-0.3, -0.25) is 9.59 Å². The highest BCUT2D eigenvalue weighted by molar-refractivity contribution is 9.11. The maximum absolute atomic E-state index is 12.0. The van der Waals surface area contributed by atoms with E-state index in [0.717, 1.165) is 3.79 Å². The molecule has 1 atom stereocenters. The van der Waals surface area contributed by atoms with Gasteiger partial charge in [-0.15, -0.1) is 11.3 Å². The number of nitrogens with zero attached hydrogens (tertiary/aromatic N) is 2. The van der Waals surface area contributed by atoms with E-state index in [1.165, 1.54) is 16.2 Å². The molecule has 0 aliphatic heterocycles. The molecule has 7 heteroatoms. The molecule has 0 saturated heterocycles. The van der Waals surface area contributed by atoms with Crippen LogP contribution in [0.5, 0.6) is 0 Å². The molecule has 1 amide bonds. The Bertz CT molecular complexity index is 436. The molecule has 1 aromatic rings. The number of hydrogen-bond donors (Lipinski definition) is 0. The average Bonchev–Trinajstić information content (AvgIpc) is 2.74. The van der Waals surface area contributed by atoms with Gasteiger partial charge in [0.25, 0.3) is 5.91 Å². The van der Waals surface area contributed by atoms with Crippen LogP contribution in [0.2, 0.25) is 0 Å². The molecule has 1 aromatic heterocycles. The van der Waals surface area contributed by atoms with Crippen molar-refractivity contribution in [1.82, 2.24) is 9.88 Å². The molecule has 1 rings (SSSR count). The molecular formula is C11H15BrN2O3S. The molecule has 0 spiro atoms. The summed E-state index contributed by atoms with van der Waals surface area (Å²) < 4.78 is 5.66. The summed E-state index contributed by atoms with van der Waals surface area (Å²) in [4.78, 5) is 28.9. The number of halogens is 1. The van der Waals surface area contributed by atoms with E-state index >= 15 is 0 Å². The van der Waals surface area contributed by atoms with Crippen LogP contribution in [-0.2, 0) is 9.53 Å². The summed E-state index contributed by atoms with van der Waals surface area (Å²) >= 11 is 4.53. The van der Waals surface area contributed by atoms with Crippen molar-refractivity contribution in [3.63, 3.8) is 0 Å². The van der Waals surface area contributed by atoms with Crippen LogP contribution in [0.3, 0.4) is 0 Å². The van der Waals surface area contributed by atoms with Crippen molar-refractivity contribution in [3.8, 4) is 0 Å². The molecule has 5 nitrogen and oxygen atoms in total. The van der Waals surface area contributed by atoms with Gasteiger partial charge in [-0.2, -0.15) is 0 Å². The zero-order valence-corrected chi connectivity index (χ0v) is 12.9. The number of thiazole rings is 1. The number of esters is 1. The van der Waals surface area contributed by atoms with Crippen LogP contribution >= 0.6 is 27.3 Å². The van der Waals surface area contributed by atoms with Crippen molar-refractivity contribution in [3.05, 3.63) is 15.0 Å². The predicted molar refractivity (Wildman–Crippen MR) is 72.6 cm³/mol. The third-order valence-electron chi connectivity index (χ3n) is 2.41. The summed E-state index contributed by atoms with van der Waals surface area (Å²) in [5.74, 6) is -0.493. The van der Waals surface area contributed by atoms with E-state index in [-0.39, 0.29) is 24.3 Å². The lowest BCUT2D eigenvalue weighted by atomic mass is 10.2. The van der Waals surface area contributed by atoms with Crippen molar-refractivity contribution < 1.29 is 14.3 Å². The quantitative estimate of drug-likeness (QED) is 0.775. The average molecular weight is 335 g/mol. The highest BCUT2D eigenvalue weighted by atomic mass is 79.9. The molecule has 1 heterocycles. The number of carbonyl (C=O) groups excluding carboxylic acids is 2. The number of rotatable bonds is 5. The second kappa shape index (κ2) is 6.84. The first-order valence-corrected chi connectivity index (χ1v) is 7.10. The molecule has 18 heavy (non-hydrogen) atoms. The Labute approximate surface area is 118 Å². The number of hydrogen-bond acceptors (Lipinski definition) is 5. The Morgan fingerprint density at radius 3 is 2.78 bits per heavy atom. The monoisotopic (exact) mass is 334 g/mol. The van der Waals surface area contributed by atoms with Gasteiger partial charge in [0.1, 0.15) is 0 Å². The minimum absolute atomic E-state index is 0.183. The summed E-state index contributed by atoms with van der Waals surface area (Å²) in [5.41, 5.74) is 0. The Balaban J connectivity index is 2.60. The molecule has 0 bridgehead atoms. The number of carbonyl (C=O) groups is 2. The van der Waals surface area contributed by atoms with Gasteiger partial charge in [0.15, 0.2) is 5.01 Å². The van der Waals surface area contributed by atoms with Crippen molar-refractivity contribution in [2.75, 3.05) is 13.7 Å². The minimum atomic E-state index is -0.301. The van der Waals surface area contributed by atoms with Crippen LogP contribution in [0.1, 0.15) is 30.1 Å². The first-order chi connectivity index (χ1) is 8.45. The normalized spacial score (nSPS) is 12.0. The van der Waals surface area contributed by atoms with Gasteiger partial charge in [0.2, 0.25) is 0 Å². The third-order valence-corrected chi connectivity index (χ3v) is 3.87.